The lowest BCUT2D eigenvalue weighted by Crippen LogP contribution is -2.25. The van der Waals surface area contributed by atoms with E-state index in [0.29, 0.717) is 17.9 Å². The molecule has 0 atom stereocenters. The van der Waals surface area contributed by atoms with Gasteiger partial charge >= 0.3 is 0 Å². The Morgan fingerprint density at radius 2 is 2.12 bits per heavy atom. The summed E-state index contributed by atoms with van der Waals surface area (Å²) in [5.74, 6) is 0.0391. The first kappa shape index (κ1) is 14.5. The molecule has 0 radical (unpaired) electrons. The van der Waals surface area contributed by atoms with Crippen LogP contribution in [0.4, 0.5) is 5.69 Å². The van der Waals surface area contributed by atoms with Crippen LogP contribution in [0.3, 0.4) is 0 Å². The van der Waals surface area contributed by atoms with Crippen LogP contribution in [0.2, 0.25) is 0 Å². The molecule has 0 spiro atoms. The Bertz CT molecular complexity index is 1030. The van der Waals surface area contributed by atoms with Crippen LogP contribution in [-0.4, -0.2) is 21.8 Å². The van der Waals surface area contributed by atoms with Crippen molar-refractivity contribution in [3.63, 3.8) is 0 Å². The van der Waals surface area contributed by atoms with Crippen LogP contribution in [0.15, 0.2) is 36.4 Å². The summed E-state index contributed by atoms with van der Waals surface area (Å²) in [7, 11) is 0. The quantitative estimate of drug-likeness (QED) is 0.693. The summed E-state index contributed by atoms with van der Waals surface area (Å²) in [6, 6.07) is 14.1. The first-order valence-corrected chi connectivity index (χ1v) is 7.89. The van der Waals surface area contributed by atoms with Gasteiger partial charge in [0.15, 0.2) is 5.69 Å². The number of benzene rings is 1. The molecule has 118 valence electrons. The van der Waals surface area contributed by atoms with Gasteiger partial charge in [-0.15, -0.1) is 0 Å². The summed E-state index contributed by atoms with van der Waals surface area (Å²) >= 11 is 0. The second-order valence-corrected chi connectivity index (χ2v) is 6.05. The predicted octanol–water partition coefficient (Wildman–Crippen LogP) is 3.09. The maximum atomic E-state index is 11.8. The molecule has 5 heteroatoms. The number of hydrogen-bond donors (Lipinski definition) is 0. The van der Waals surface area contributed by atoms with Crippen molar-refractivity contribution in [1.29, 1.82) is 5.26 Å². The van der Waals surface area contributed by atoms with Crippen LogP contribution < -0.4 is 4.90 Å². The monoisotopic (exact) mass is 316 g/mol. The minimum atomic E-state index is 0.0391. The van der Waals surface area contributed by atoms with Crippen molar-refractivity contribution in [3.8, 4) is 17.3 Å². The summed E-state index contributed by atoms with van der Waals surface area (Å²) in [6.45, 7) is 4.25. The minimum absolute atomic E-state index is 0.0391. The molecule has 3 aromatic rings. The highest BCUT2D eigenvalue weighted by Crippen LogP contribution is 2.34. The third kappa shape index (κ3) is 2.00. The van der Waals surface area contributed by atoms with Crippen LogP contribution in [-0.2, 0) is 11.2 Å². The van der Waals surface area contributed by atoms with Crippen molar-refractivity contribution >= 4 is 17.2 Å². The Balaban J connectivity index is 1.94. The van der Waals surface area contributed by atoms with E-state index in [0.717, 1.165) is 34.6 Å². The Hall–Kier alpha value is -3.13. The van der Waals surface area contributed by atoms with Crippen molar-refractivity contribution in [2.24, 2.45) is 0 Å². The van der Waals surface area contributed by atoms with Crippen LogP contribution in [0.25, 0.3) is 16.9 Å². The third-order valence-electron chi connectivity index (χ3n) is 4.58. The average molecular weight is 316 g/mol. The molecule has 5 nitrogen and oxygen atoms in total. The SMILES string of the molecule is CC(=O)N1CCc2ccc(-c3nc4cccc(C)n4c3C#N)cc21. The Morgan fingerprint density at radius 1 is 1.29 bits per heavy atom. The number of aromatic nitrogens is 2. The molecule has 0 saturated carbocycles. The number of amides is 1. The standard InChI is InChI=1S/C19H16N4O/c1-12-4-3-5-18-21-19(17(11-20)23(12)18)15-7-6-14-8-9-22(13(2)24)16(14)10-15/h3-7,10H,8-9H2,1-2H3. The van der Waals surface area contributed by atoms with Crippen molar-refractivity contribution in [2.45, 2.75) is 20.3 Å². The smallest absolute Gasteiger partial charge is 0.223 e. The highest BCUT2D eigenvalue weighted by atomic mass is 16.2. The van der Waals surface area contributed by atoms with Gasteiger partial charge in [0.2, 0.25) is 5.91 Å². The zero-order chi connectivity index (χ0) is 16.8. The molecule has 4 rings (SSSR count). The Kier molecular flexibility index (Phi) is 3.14. The number of nitriles is 1. The molecule has 0 saturated heterocycles. The summed E-state index contributed by atoms with van der Waals surface area (Å²) in [4.78, 5) is 18.2. The lowest BCUT2D eigenvalue weighted by atomic mass is 10.1. The van der Waals surface area contributed by atoms with E-state index in [1.54, 1.807) is 11.8 Å². The van der Waals surface area contributed by atoms with Gasteiger partial charge in [-0.1, -0.05) is 18.2 Å². The number of carbonyl (C=O) groups excluding carboxylic acids is 1. The molecule has 0 N–H and O–H groups in total. The maximum Gasteiger partial charge on any atom is 0.223 e. The fourth-order valence-electron chi connectivity index (χ4n) is 3.41. The number of rotatable bonds is 1. The fourth-order valence-corrected chi connectivity index (χ4v) is 3.41. The Labute approximate surface area is 139 Å². The number of carbonyl (C=O) groups is 1. The summed E-state index contributed by atoms with van der Waals surface area (Å²) in [5, 5.41) is 9.65. The molecular weight excluding hydrogens is 300 g/mol. The molecule has 1 aliphatic rings. The van der Waals surface area contributed by atoms with Gasteiger partial charge in [0.05, 0.1) is 0 Å². The minimum Gasteiger partial charge on any atom is -0.312 e. The Morgan fingerprint density at radius 3 is 2.88 bits per heavy atom. The van der Waals surface area contributed by atoms with Crippen molar-refractivity contribution in [1.82, 2.24) is 9.38 Å². The molecule has 1 amide bonds. The van der Waals surface area contributed by atoms with Gasteiger partial charge in [-0.2, -0.15) is 5.26 Å². The van der Waals surface area contributed by atoms with Gasteiger partial charge in [0.1, 0.15) is 17.4 Å². The van der Waals surface area contributed by atoms with Crippen LogP contribution in [0.5, 0.6) is 0 Å². The summed E-state index contributed by atoms with van der Waals surface area (Å²) in [6.07, 6.45) is 0.866. The van der Waals surface area contributed by atoms with E-state index in [9.17, 15) is 10.1 Å². The topological polar surface area (TPSA) is 61.4 Å². The highest BCUT2D eigenvalue weighted by molar-refractivity contribution is 5.94. The molecule has 3 heterocycles. The van der Waals surface area contributed by atoms with E-state index in [1.165, 1.54) is 0 Å². The van der Waals surface area contributed by atoms with Crippen LogP contribution in [0.1, 0.15) is 23.9 Å². The number of hydrogen-bond acceptors (Lipinski definition) is 3. The number of pyridine rings is 1. The first-order chi connectivity index (χ1) is 11.6. The molecule has 0 bridgehead atoms. The second-order valence-electron chi connectivity index (χ2n) is 6.05. The average Bonchev–Trinajstić information content (AvgIpc) is 3.15. The molecule has 24 heavy (non-hydrogen) atoms. The fraction of sp³-hybridized carbons (Fsp3) is 0.211. The zero-order valence-electron chi connectivity index (χ0n) is 13.6. The first-order valence-electron chi connectivity index (χ1n) is 7.89. The molecule has 0 fully saturated rings. The number of fused-ring (bicyclic) bond motifs is 2. The number of nitrogens with zero attached hydrogens (tertiary/aromatic N) is 4. The largest absolute Gasteiger partial charge is 0.312 e. The van der Waals surface area contributed by atoms with Crippen molar-refractivity contribution < 1.29 is 4.79 Å². The van der Waals surface area contributed by atoms with E-state index in [4.69, 9.17) is 0 Å². The van der Waals surface area contributed by atoms with Gasteiger partial charge in [-0.25, -0.2) is 4.98 Å². The number of imidazole rings is 1. The molecule has 1 aromatic carbocycles. The number of anilines is 1. The van der Waals surface area contributed by atoms with E-state index in [2.05, 4.69) is 11.1 Å². The zero-order valence-corrected chi connectivity index (χ0v) is 13.6. The maximum absolute atomic E-state index is 11.8. The van der Waals surface area contributed by atoms with Gasteiger partial charge in [0, 0.05) is 30.4 Å². The van der Waals surface area contributed by atoms with Gasteiger partial charge < -0.3 is 4.90 Å². The van der Waals surface area contributed by atoms with Gasteiger partial charge in [0.25, 0.3) is 0 Å². The third-order valence-corrected chi connectivity index (χ3v) is 4.58. The molecule has 0 aliphatic carbocycles. The van der Waals surface area contributed by atoms with E-state index >= 15 is 0 Å². The van der Waals surface area contributed by atoms with Crippen molar-refractivity contribution in [2.75, 3.05) is 11.4 Å². The number of aryl methyl sites for hydroxylation is 1. The second kappa shape index (κ2) is 5.20. The molecule has 2 aromatic heterocycles. The molecule has 0 unspecified atom stereocenters. The van der Waals surface area contributed by atoms with Crippen molar-refractivity contribution in [3.05, 3.63) is 53.3 Å². The lowest BCUT2D eigenvalue weighted by Gasteiger charge is -2.15. The van der Waals surface area contributed by atoms with Crippen LogP contribution >= 0.6 is 0 Å². The normalized spacial score (nSPS) is 13.1. The molecular formula is C19H16N4O. The summed E-state index contributed by atoms with van der Waals surface area (Å²) < 4.78 is 1.87. The van der Waals surface area contributed by atoms with E-state index < -0.39 is 0 Å². The van der Waals surface area contributed by atoms with E-state index in [-0.39, 0.29) is 5.91 Å². The lowest BCUT2D eigenvalue weighted by molar-refractivity contribution is -0.116. The van der Waals surface area contributed by atoms with E-state index in [1.807, 2.05) is 47.7 Å². The summed E-state index contributed by atoms with van der Waals surface area (Å²) in [5.41, 5.74) is 5.85. The predicted molar refractivity (Wildman–Crippen MR) is 91.8 cm³/mol. The highest BCUT2D eigenvalue weighted by Gasteiger charge is 2.24. The molecule has 1 aliphatic heterocycles. The van der Waals surface area contributed by atoms with Gasteiger partial charge in [-0.3, -0.25) is 9.20 Å². The van der Waals surface area contributed by atoms with Gasteiger partial charge in [-0.05, 0) is 37.1 Å². The van der Waals surface area contributed by atoms with Crippen LogP contribution in [0, 0.1) is 18.3 Å².